The van der Waals surface area contributed by atoms with Crippen molar-refractivity contribution in [1.82, 2.24) is 4.90 Å². The van der Waals surface area contributed by atoms with Gasteiger partial charge in [-0.2, -0.15) is 0 Å². The Kier molecular flexibility index (Phi) is 42.5. The molecule has 0 saturated heterocycles. The lowest BCUT2D eigenvalue weighted by Gasteiger charge is -2.21. The molecule has 0 fully saturated rings. The summed E-state index contributed by atoms with van der Waals surface area (Å²) in [6, 6.07) is 0. The van der Waals surface area contributed by atoms with Crippen LogP contribution >= 0.6 is 12.4 Å². The van der Waals surface area contributed by atoms with Gasteiger partial charge in [0.25, 0.3) is 0 Å². The van der Waals surface area contributed by atoms with Crippen molar-refractivity contribution in [2.24, 2.45) is 5.92 Å². The summed E-state index contributed by atoms with van der Waals surface area (Å²) >= 11 is 0. The predicted molar refractivity (Wildman–Crippen MR) is 202 cm³/mol. The van der Waals surface area contributed by atoms with Gasteiger partial charge in [-0.05, 0) is 32.9 Å². The minimum atomic E-state index is 0. The van der Waals surface area contributed by atoms with E-state index in [4.69, 9.17) is 0 Å². The molecule has 0 N–H and O–H groups in total. The van der Waals surface area contributed by atoms with Gasteiger partial charge in [0, 0.05) is 6.54 Å². The van der Waals surface area contributed by atoms with Crippen molar-refractivity contribution in [3.63, 3.8) is 0 Å². The number of hydrogen-bond acceptors (Lipinski definition) is 1. The molecule has 0 heterocycles. The van der Waals surface area contributed by atoms with Crippen LogP contribution in [0.25, 0.3) is 0 Å². The lowest BCUT2D eigenvalue weighted by Crippen LogP contribution is -2.21. The number of nitrogens with zero attached hydrogens (tertiary/aromatic N) is 1. The van der Waals surface area contributed by atoms with Gasteiger partial charge in [-0.25, -0.2) is 0 Å². The van der Waals surface area contributed by atoms with Crippen molar-refractivity contribution >= 4 is 12.4 Å². The fraction of sp³-hybridized carbons (Fsp3) is 1.00. The van der Waals surface area contributed by atoms with Crippen molar-refractivity contribution in [1.29, 1.82) is 0 Å². The normalized spacial score (nSPS) is 12.2. The summed E-state index contributed by atoms with van der Waals surface area (Å²) in [5, 5.41) is 0. The van der Waals surface area contributed by atoms with Crippen molar-refractivity contribution < 1.29 is 0 Å². The topological polar surface area (TPSA) is 3.24 Å². The van der Waals surface area contributed by atoms with Gasteiger partial charge < -0.3 is 4.90 Å². The minimum Gasteiger partial charge on any atom is -0.309 e. The zero-order chi connectivity index (χ0) is 30.6. The Morgan fingerprint density at radius 3 is 0.674 bits per heavy atom. The molecule has 1 atom stereocenters. The molecule has 0 amide bonds. The van der Waals surface area contributed by atoms with Crippen molar-refractivity contribution in [2.45, 2.75) is 239 Å². The highest BCUT2D eigenvalue weighted by Crippen LogP contribution is 2.21. The molecule has 262 valence electrons. The minimum absolute atomic E-state index is 0. The van der Waals surface area contributed by atoms with Gasteiger partial charge in [-0.1, -0.05) is 226 Å². The van der Waals surface area contributed by atoms with Crippen molar-refractivity contribution in [3.05, 3.63) is 0 Å². The van der Waals surface area contributed by atoms with Crippen LogP contribution in [0.4, 0.5) is 0 Å². The predicted octanol–water partition coefficient (Wildman–Crippen LogP) is 15.3. The van der Waals surface area contributed by atoms with E-state index in [1.165, 1.54) is 231 Å². The molecule has 0 aliphatic rings. The molecule has 0 rings (SSSR count). The van der Waals surface area contributed by atoms with Gasteiger partial charge in [0.15, 0.2) is 0 Å². The molecule has 0 aromatic heterocycles. The van der Waals surface area contributed by atoms with Crippen LogP contribution in [-0.2, 0) is 0 Å². The van der Waals surface area contributed by atoms with Crippen LogP contribution in [0.15, 0.2) is 0 Å². The maximum Gasteiger partial charge on any atom is 0.000356 e. The molecular weight excluding hydrogens is 542 g/mol. The van der Waals surface area contributed by atoms with Gasteiger partial charge in [-0.15, -0.1) is 12.4 Å². The molecule has 1 nitrogen and oxygen atoms in total. The maximum absolute atomic E-state index is 2.44. The van der Waals surface area contributed by atoms with E-state index in [0.717, 1.165) is 5.92 Å². The van der Waals surface area contributed by atoms with Gasteiger partial charge >= 0.3 is 0 Å². The summed E-state index contributed by atoms with van der Waals surface area (Å²) in [7, 11) is 4.55. The van der Waals surface area contributed by atoms with E-state index in [1.807, 2.05) is 0 Å². The molecule has 0 bridgehead atoms. The highest BCUT2D eigenvalue weighted by Gasteiger charge is 2.10. The van der Waals surface area contributed by atoms with Crippen LogP contribution in [0, 0.1) is 5.92 Å². The van der Waals surface area contributed by atoms with E-state index in [-0.39, 0.29) is 12.4 Å². The Labute approximate surface area is 281 Å². The average Bonchev–Trinajstić information content (AvgIpc) is 2.98. The van der Waals surface area contributed by atoms with Gasteiger partial charge in [0.2, 0.25) is 0 Å². The second-order valence-electron chi connectivity index (χ2n) is 14.7. The van der Waals surface area contributed by atoms with Crippen LogP contribution in [-0.4, -0.2) is 25.5 Å². The highest BCUT2D eigenvalue weighted by molar-refractivity contribution is 5.85. The Morgan fingerprint density at radius 2 is 0.488 bits per heavy atom. The van der Waals surface area contributed by atoms with Gasteiger partial charge in [0.1, 0.15) is 0 Å². The molecule has 0 aromatic carbocycles. The van der Waals surface area contributed by atoms with E-state index in [9.17, 15) is 0 Å². The lowest BCUT2D eigenvalue weighted by molar-refractivity contribution is 0.286. The summed E-state index contributed by atoms with van der Waals surface area (Å²) in [5.74, 6) is 0.933. The van der Waals surface area contributed by atoms with Crippen LogP contribution in [0.1, 0.15) is 239 Å². The monoisotopic (exact) mass is 628 g/mol. The molecule has 2 heteroatoms. The van der Waals surface area contributed by atoms with Gasteiger partial charge in [-0.3, -0.25) is 0 Å². The number of hydrogen-bond donors (Lipinski definition) is 0. The Balaban J connectivity index is 0. The first-order valence-corrected chi connectivity index (χ1v) is 20.3. The fourth-order valence-corrected chi connectivity index (χ4v) is 6.98. The molecule has 0 aromatic rings. The van der Waals surface area contributed by atoms with Gasteiger partial charge in [0.05, 0.1) is 0 Å². The SMILES string of the molecule is CCCCCCCCCCCCCCCCCCCC(CCCCCCCCCCCCCCCCCC)CN(C)C.Cl. The third-order valence-electron chi connectivity index (χ3n) is 9.81. The molecule has 0 spiro atoms. The first-order valence-electron chi connectivity index (χ1n) is 20.3. The number of rotatable bonds is 37. The van der Waals surface area contributed by atoms with Crippen molar-refractivity contribution in [2.75, 3.05) is 20.6 Å². The average molecular weight is 629 g/mol. The molecule has 1 unspecified atom stereocenters. The molecular formula is C41H86ClN. The van der Waals surface area contributed by atoms with Crippen LogP contribution in [0.3, 0.4) is 0 Å². The second-order valence-corrected chi connectivity index (χ2v) is 14.7. The fourth-order valence-electron chi connectivity index (χ4n) is 6.98. The quantitative estimate of drug-likeness (QED) is 0.0619. The molecule has 0 radical (unpaired) electrons. The van der Waals surface area contributed by atoms with E-state index in [2.05, 4.69) is 32.8 Å². The summed E-state index contributed by atoms with van der Waals surface area (Å²) in [6.07, 6.45) is 51.5. The molecule has 0 aliphatic carbocycles. The molecule has 0 saturated carbocycles. The highest BCUT2D eigenvalue weighted by atomic mass is 35.5. The zero-order valence-corrected chi connectivity index (χ0v) is 31.7. The molecule has 43 heavy (non-hydrogen) atoms. The summed E-state index contributed by atoms with van der Waals surface area (Å²) in [4.78, 5) is 2.44. The van der Waals surface area contributed by atoms with E-state index >= 15 is 0 Å². The summed E-state index contributed by atoms with van der Waals surface area (Å²) in [5.41, 5.74) is 0. The number of unbranched alkanes of at least 4 members (excludes halogenated alkanes) is 31. The number of halogens is 1. The Hall–Kier alpha value is 0.250. The smallest absolute Gasteiger partial charge is 0.000356 e. The third-order valence-corrected chi connectivity index (χ3v) is 9.81. The van der Waals surface area contributed by atoms with E-state index < -0.39 is 0 Å². The van der Waals surface area contributed by atoms with E-state index in [0.29, 0.717) is 0 Å². The van der Waals surface area contributed by atoms with Crippen LogP contribution in [0.5, 0.6) is 0 Å². The van der Waals surface area contributed by atoms with Crippen molar-refractivity contribution in [3.8, 4) is 0 Å². The van der Waals surface area contributed by atoms with E-state index in [1.54, 1.807) is 0 Å². The first-order chi connectivity index (χ1) is 20.7. The van der Waals surface area contributed by atoms with Crippen LogP contribution < -0.4 is 0 Å². The summed E-state index contributed by atoms with van der Waals surface area (Å²) < 4.78 is 0. The zero-order valence-electron chi connectivity index (χ0n) is 30.9. The largest absolute Gasteiger partial charge is 0.309 e. The molecule has 0 aliphatic heterocycles. The maximum atomic E-state index is 2.44. The Bertz CT molecular complexity index is 465. The lowest BCUT2D eigenvalue weighted by atomic mass is 9.93. The second kappa shape index (κ2) is 40.3. The Morgan fingerprint density at radius 1 is 0.302 bits per heavy atom. The standard InChI is InChI=1S/C41H85N.ClH/c1-5-7-9-11-13-15-17-19-21-23-25-27-29-31-33-35-37-39-41(40-42(3)4)38-36-34-32-30-28-26-24-22-20-18-16-14-12-10-8-6-2;/h41H,5-40H2,1-4H3;1H. The first kappa shape index (κ1) is 45.4. The van der Waals surface area contributed by atoms with Crippen LogP contribution in [0.2, 0.25) is 0 Å². The third kappa shape index (κ3) is 40.2. The summed E-state index contributed by atoms with van der Waals surface area (Å²) in [6.45, 7) is 5.92.